The number of aryl methyl sites for hydroxylation is 1. The zero-order valence-corrected chi connectivity index (χ0v) is 23.0. The Morgan fingerprint density at radius 2 is 1.74 bits per heavy atom. The highest BCUT2D eigenvalue weighted by atomic mass is 32.2. The Hall–Kier alpha value is -2.98. The molecule has 9 nitrogen and oxygen atoms in total. The number of nitrogens with two attached hydrogens (primary N) is 1. The zero-order chi connectivity index (χ0) is 27.4. The third-order valence-corrected chi connectivity index (χ3v) is 10.1. The Balaban J connectivity index is 1.41. The van der Waals surface area contributed by atoms with E-state index >= 15 is 0 Å². The van der Waals surface area contributed by atoms with Crippen LogP contribution in [0.2, 0.25) is 0 Å². The van der Waals surface area contributed by atoms with Gasteiger partial charge in [0, 0.05) is 11.5 Å². The number of carbonyl (C=O) groups is 1. The van der Waals surface area contributed by atoms with Crippen LogP contribution in [0.5, 0.6) is 23.0 Å². The zero-order valence-electron chi connectivity index (χ0n) is 22.2. The number of hydrogen-bond acceptors (Lipinski definition) is 8. The fraction of sp³-hybridized carbons (Fsp3) is 0.536. The van der Waals surface area contributed by atoms with Crippen LogP contribution in [0.25, 0.3) is 0 Å². The number of fused-ring (bicyclic) bond motifs is 5. The lowest BCUT2D eigenvalue weighted by atomic mass is 9.55. The molecule has 10 heteroatoms. The molecule has 0 amide bonds. The number of phenols is 1. The monoisotopic (exact) mass is 545 g/mol. The summed E-state index contributed by atoms with van der Waals surface area (Å²) in [5, 5.41) is 15.6. The van der Waals surface area contributed by atoms with Crippen LogP contribution in [0, 0.1) is 17.3 Å². The van der Waals surface area contributed by atoms with E-state index in [1.807, 2.05) is 12.1 Å². The van der Waals surface area contributed by atoms with Gasteiger partial charge in [0.15, 0.2) is 23.0 Å². The lowest BCUT2D eigenvalue weighted by molar-refractivity contribution is -0.0429. The second-order valence-electron chi connectivity index (χ2n) is 10.9. The second-order valence-corrected chi connectivity index (χ2v) is 12.5. The number of methoxy groups -OCH3 is 3. The van der Waals surface area contributed by atoms with Gasteiger partial charge in [-0.1, -0.05) is 6.92 Å². The van der Waals surface area contributed by atoms with E-state index in [0.29, 0.717) is 23.5 Å². The van der Waals surface area contributed by atoms with Gasteiger partial charge < -0.3 is 24.1 Å². The smallest absolute Gasteiger partial charge is 0.342 e. The summed E-state index contributed by atoms with van der Waals surface area (Å²) in [6, 6.07) is 6.25. The van der Waals surface area contributed by atoms with E-state index in [-0.39, 0.29) is 39.2 Å². The molecule has 0 aromatic heterocycles. The minimum atomic E-state index is -4.09. The predicted molar refractivity (Wildman–Crippen MR) is 139 cm³/mol. The number of esters is 1. The molecule has 0 bridgehead atoms. The lowest BCUT2D eigenvalue weighted by Gasteiger charge is -2.50. The predicted octanol–water partition coefficient (Wildman–Crippen LogP) is 4.15. The van der Waals surface area contributed by atoms with Crippen molar-refractivity contribution in [3.63, 3.8) is 0 Å². The number of carbonyl (C=O) groups excluding carboxylic acids is 1. The van der Waals surface area contributed by atoms with E-state index in [0.717, 1.165) is 38.5 Å². The van der Waals surface area contributed by atoms with Gasteiger partial charge in [-0.05, 0) is 85.6 Å². The van der Waals surface area contributed by atoms with Crippen molar-refractivity contribution in [3.8, 4) is 23.0 Å². The van der Waals surface area contributed by atoms with E-state index in [1.54, 1.807) is 7.11 Å². The molecule has 5 rings (SSSR count). The number of aromatic hydroxyl groups is 1. The van der Waals surface area contributed by atoms with Crippen LogP contribution in [0.15, 0.2) is 29.2 Å². The van der Waals surface area contributed by atoms with Crippen LogP contribution in [0.4, 0.5) is 0 Å². The number of hydrogen-bond donors (Lipinski definition) is 2. The van der Waals surface area contributed by atoms with E-state index in [2.05, 4.69) is 6.92 Å². The molecule has 38 heavy (non-hydrogen) atoms. The van der Waals surface area contributed by atoms with Gasteiger partial charge in [0.05, 0.1) is 26.2 Å². The fourth-order valence-electron chi connectivity index (χ4n) is 7.34. The van der Waals surface area contributed by atoms with E-state index in [9.17, 15) is 18.3 Å². The molecule has 3 aliphatic rings. The summed E-state index contributed by atoms with van der Waals surface area (Å²) in [4.78, 5) is 13.2. The first kappa shape index (κ1) is 26.6. The average molecular weight is 546 g/mol. The largest absolute Gasteiger partial charge is 0.504 e. The summed E-state index contributed by atoms with van der Waals surface area (Å²) in [5.74, 6) is 1.40. The van der Waals surface area contributed by atoms with Gasteiger partial charge in [-0.25, -0.2) is 18.4 Å². The van der Waals surface area contributed by atoms with Gasteiger partial charge in [0.1, 0.15) is 11.7 Å². The van der Waals surface area contributed by atoms with Crippen molar-refractivity contribution in [1.29, 1.82) is 0 Å². The molecule has 5 atom stereocenters. The molecule has 0 radical (unpaired) electrons. The molecule has 3 N–H and O–H groups in total. The highest BCUT2D eigenvalue weighted by Crippen LogP contribution is 2.62. The molecule has 2 aromatic carbocycles. The molecule has 0 saturated heterocycles. The molecule has 0 spiro atoms. The van der Waals surface area contributed by atoms with Crippen molar-refractivity contribution >= 4 is 16.0 Å². The van der Waals surface area contributed by atoms with Crippen molar-refractivity contribution in [2.24, 2.45) is 22.4 Å². The van der Waals surface area contributed by atoms with Gasteiger partial charge in [0.2, 0.25) is 10.0 Å². The van der Waals surface area contributed by atoms with E-state index < -0.39 is 16.0 Å². The summed E-state index contributed by atoms with van der Waals surface area (Å²) < 4.78 is 46.3. The Morgan fingerprint density at radius 1 is 1.00 bits per heavy atom. The van der Waals surface area contributed by atoms with Crippen molar-refractivity contribution in [3.05, 3.63) is 41.0 Å². The highest BCUT2D eigenvalue weighted by Gasteiger charge is 2.56. The van der Waals surface area contributed by atoms with Crippen molar-refractivity contribution < 1.29 is 37.3 Å². The van der Waals surface area contributed by atoms with Crippen LogP contribution in [0.1, 0.15) is 66.4 Å². The molecular formula is C28H35NO8S. The molecule has 2 aromatic rings. The number of benzene rings is 2. The minimum absolute atomic E-state index is 0.0323. The van der Waals surface area contributed by atoms with E-state index in [1.165, 1.54) is 37.5 Å². The summed E-state index contributed by atoms with van der Waals surface area (Å²) in [7, 11) is 0.225. The average Bonchev–Trinajstić information content (AvgIpc) is 3.22. The first-order valence-electron chi connectivity index (χ1n) is 12.9. The molecule has 2 saturated carbocycles. The first-order chi connectivity index (χ1) is 18.0. The Bertz CT molecular complexity index is 1370. The first-order valence-corrected chi connectivity index (χ1v) is 14.5. The van der Waals surface area contributed by atoms with Crippen molar-refractivity contribution in [2.45, 2.75) is 62.4 Å². The van der Waals surface area contributed by atoms with Crippen LogP contribution in [-0.4, -0.2) is 46.9 Å². The Morgan fingerprint density at radius 3 is 2.39 bits per heavy atom. The quantitative estimate of drug-likeness (QED) is 0.517. The maximum atomic E-state index is 13.5. The fourth-order valence-corrected chi connectivity index (χ4v) is 7.90. The highest BCUT2D eigenvalue weighted by molar-refractivity contribution is 7.89. The van der Waals surface area contributed by atoms with Crippen molar-refractivity contribution in [2.75, 3.05) is 21.3 Å². The number of phenolic OH excluding ortho intramolecular Hbond substituents is 1. The number of primary sulfonamides is 1. The van der Waals surface area contributed by atoms with Gasteiger partial charge in [-0.3, -0.25) is 0 Å². The van der Waals surface area contributed by atoms with Gasteiger partial charge >= 0.3 is 5.97 Å². The van der Waals surface area contributed by atoms with Crippen LogP contribution in [0.3, 0.4) is 0 Å². The summed E-state index contributed by atoms with van der Waals surface area (Å²) in [5.41, 5.74) is 2.21. The number of sulfonamides is 1. The molecule has 0 aliphatic heterocycles. The maximum Gasteiger partial charge on any atom is 0.342 e. The standard InChI is InChI=1S/C28H35NO8S/c1-28-10-9-17-18(6-5-15-11-22(30)23(34-2)14-19(15)17)21(28)7-8-25(28)37-27(31)20-12-16(38(29,32)33)13-24(35-3)26(20)36-4/h11-14,17-18,21,25,30H,5-10H2,1-4H3,(H2,29,32,33)/t17?,18?,21?,25-,28-/m0/s1. The molecule has 2 fully saturated rings. The third kappa shape index (κ3) is 4.27. The molecular weight excluding hydrogens is 510 g/mol. The van der Waals surface area contributed by atoms with Crippen LogP contribution < -0.4 is 19.3 Å². The Kier molecular flexibility index (Phi) is 6.76. The topological polar surface area (TPSA) is 134 Å². The van der Waals surface area contributed by atoms with Crippen molar-refractivity contribution in [1.82, 2.24) is 0 Å². The van der Waals surface area contributed by atoms with Crippen LogP contribution in [-0.2, 0) is 21.2 Å². The third-order valence-electron chi connectivity index (χ3n) is 9.19. The van der Waals surface area contributed by atoms with E-state index in [4.69, 9.17) is 24.1 Å². The van der Waals surface area contributed by atoms with Gasteiger partial charge in [-0.2, -0.15) is 0 Å². The summed E-state index contributed by atoms with van der Waals surface area (Å²) >= 11 is 0. The summed E-state index contributed by atoms with van der Waals surface area (Å²) in [6.45, 7) is 2.21. The number of rotatable bonds is 6. The minimum Gasteiger partial charge on any atom is -0.504 e. The Labute approximate surface area is 223 Å². The second kappa shape index (κ2) is 9.64. The normalized spacial score (nSPS) is 28.0. The molecule has 0 heterocycles. The van der Waals surface area contributed by atoms with Gasteiger partial charge in [0.25, 0.3) is 0 Å². The maximum absolute atomic E-state index is 13.5. The number of ether oxygens (including phenoxy) is 4. The van der Waals surface area contributed by atoms with Crippen LogP contribution >= 0.6 is 0 Å². The molecule has 3 aliphatic carbocycles. The van der Waals surface area contributed by atoms with Gasteiger partial charge in [-0.15, -0.1) is 0 Å². The SMILES string of the molecule is COc1cc2c(cc1O)CCC1C2CC[C@@]2(C)C1CC[C@@H]2OC(=O)c1cc(S(N)(=O)=O)cc(OC)c1OC. The molecule has 3 unspecified atom stereocenters. The lowest BCUT2D eigenvalue weighted by Crippen LogP contribution is -2.45. The summed E-state index contributed by atoms with van der Waals surface area (Å²) in [6.07, 6.45) is 5.11. The molecule has 206 valence electrons.